The summed E-state index contributed by atoms with van der Waals surface area (Å²) in [5, 5.41) is 5.46. The molecule has 0 aromatic carbocycles. The topological polar surface area (TPSA) is 143 Å². The van der Waals surface area contributed by atoms with Crippen LogP contribution in [0.2, 0.25) is 0 Å². The van der Waals surface area contributed by atoms with Crippen LogP contribution in [0.4, 0.5) is 4.79 Å². The van der Waals surface area contributed by atoms with Gasteiger partial charge in [0.15, 0.2) is 5.92 Å². The van der Waals surface area contributed by atoms with Crippen molar-refractivity contribution in [1.82, 2.24) is 15.6 Å². The number of hydrogen-bond donors (Lipinski definition) is 4. The molecule has 0 saturated carbocycles. The second-order valence-corrected chi connectivity index (χ2v) is 3.64. The zero-order chi connectivity index (χ0) is 14.6. The summed E-state index contributed by atoms with van der Waals surface area (Å²) in [6.45, 7) is 6.89. The van der Waals surface area contributed by atoms with Crippen molar-refractivity contribution in [2.24, 2.45) is 22.5 Å². The van der Waals surface area contributed by atoms with Gasteiger partial charge in [-0.3, -0.25) is 25.2 Å². The van der Waals surface area contributed by atoms with E-state index >= 15 is 0 Å². The van der Waals surface area contributed by atoms with Gasteiger partial charge in [0, 0.05) is 12.2 Å². The monoisotopic (exact) mass is 266 g/mol. The summed E-state index contributed by atoms with van der Waals surface area (Å²) in [4.78, 5) is 35.9. The fraction of sp³-hybridized carbons (Fsp3) is 0.200. The number of nitrogens with two attached hydrogens (primary N) is 2. The van der Waals surface area contributed by atoms with Crippen molar-refractivity contribution in [3.8, 4) is 0 Å². The Labute approximate surface area is 109 Å². The van der Waals surface area contributed by atoms with Crippen molar-refractivity contribution in [2.45, 2.75) is 0 Å². The normalized spacial score (nSPS) is 18.6. The molecule has 9 heteroatoms. The summed E-state index contributed by atoms with van der Waals surface area (Å²) in [6, 6.07) is -0.805. The van der Waals surface area contributed by atoms with Gasteiger partial charge in [0.05, 0.1) is 0 Å². The van der Waals surface area contributed by atoms with Gasteiger partial charge >= 0.3 is 6.03 Å². The number of nitrogens with zero attached hydrogens (tertiary/aromatic N) is 2. The van der Waals surface area contributed by atoms with Crippen LogP contribution in [-0.2, 0) is 9.59 Å². The molecular weight excluding hydrogens is 252 g/mol. The van der Waals surface area contributed by atoms with Gasteiger partial charge in [-0.2, -0.15) is 0 Å². The molecular formula is C10H14N6O3. The van der Waals surface area contributed by atoms with Crippen LogP contribution in [0.15, 0.2) is 30.0 Å². The number of rotatable bonds is 5. The molecule has 0 aromatic heterocycles. The second kappa shape index (κ2) is 5.67. The number of hydrazone groups is 1. The number of imide groups is 2. The second-order valence-electron chi connectivity index (χ2n) is 3.64. The number of nitrogens with one attached hydrogen (secondary N) is 2. The van der Waals surface area contributed by atoms with E-state index in [9.17, 15) is 14.4 Å². The molecule has 1 saturated heterocycles. The minimum absolute atomic E-state index is 0.0238. The molecule has 1 heterocycles. The number of hydrogen-bond acceptors (Lipinski definition) is 5. The minimum Gasteiger partial charge on any atom is -0.369 e. The summed E-state index contributed by atoms with van der Waals surface area (Å²) in [7, 11) is 0. The van der Waals surface area contributed by atoms with Gasteiger partial charge in [-0.25, -0.2) is 4.79 Å². The summed E-state index contributed by atoms with van der Waals surface area (Å²) < 4.78 is 0. The van der Waals surface area contributed by atoms with Gasteiger partial charge in [-0.15, -0.1) is 11.7 Å². The number of barbiturate groups is 1. The van der Waals surface area contributed by atoms with Crippen molar-refractivity contribution in [1.29, 1.82) is 0 Å². The summed E-state index contributed by atoms with van der Waals surface area (Å²) >= 11 is 0. The van der Waals surface area contributed by atoms with E-state index < -0.39 is 23.8 Å². The number of amides is 4. The first-order chi connectivity index (χ1) is 8.88. The van der Waals surface area contributed by atoms with Crippen LogP contribution >= 0.6 is 0 Å². The Morgan fingerprint density at radius 3 is 2.63 bits per heavy atom. The van der Waals surface area contributed by atoms with E-state index in [2.05, 4.69) is 23.7 Å². The highest BCUT2D eigenvalue weighted by atomic mass is 16.2. The van der Waals surface area contributed by atoms with Crippen molar-refractivity contribution >= 4 is 23.8 Å². The average molecular weight is 266 g/mol. The zero-order valence-corrected chi connectivity index (χ0v) is 10.0. The largest absolute Gasteiger partial charge is 0.369 e. The lowest BCUT2D eigenvalue weighted by atomic mass is 10.0. The third kappa shape index (κ3) is 3.09. The van der Waals surface area contributed by atoms with E-state index in [1.54, 1.807) is 0 Å². The first-order valence-corrected chi connectivity index (χ1v) is 5.19. The third-order valence-corrected chi connectivity index (χ3v) is 2.24. The van der Waals surface area contributed by atoms with Crippen LogP contribution in [-0.4, -0.2) is 35.2 Å². The molecule has 1 aliphatic heterocycles. The Balaban J connectivity index is 2.92. The molecule has 19 heavy (non-hydrogen) atoms. The van der Waals surface area contributed by atoms with Crippen molar-refractivity contribution < 1.29 is 14.4 Å². The lowest BCUT2D eigenvalue weighted by Gasteiger charge is -2.29. The molecule has 6 N–H and O–H groups in total. The molecule has 0 aliphatic carbocycles. The predicted molar refractivity (Wildman–Crippen MR) is 67.0 cm³/mol. The fourth-order valence-electron chi connectivity index (χ4n) is 1.42. The molecule has 1 atom stereocenters. The van der Waals surface area contributed by atoms with Crippen molar-refractivity contribution in [3.63, 3.8) is 0 Å². The van der Waals surface area contributed by atoms with Crippen LogP contribution in [0.25, 0.3) is 0 Å². The van der Waals surface area contributed by atoms with E-state index in [-0.39, 0.29) is 18.2 Å². The van der Waals surface area contributed by atoms with Crippen LogP contribution < -0.4 is 22.2 Å². The maximum absolute atomic E-state index is 12.0. The Bertz CT molecular complexity index is 480. The summed E-state index contributed by atoms with van der Waals surface area (Å²) in [5.41, 5.74) is 12.4. The molecule has 1 rings (SSSR count). The Morgan fingerprint density at radius 1 is 1.47 bits per heavy atom. The highest BCUT2D eigenvalue weighted by molar-refractivity contribution is 6.17. The van der Waals surface area contributed by atoms with Gasteiger partial charge in [0.1, 0.15) is 0 Å². The van der Waals surface area contributed by atoms with E-state index in [4.69, 9.17) is 11.5 Å². The molecule has 0 bridgehead atoms. The Hall–Kier alpha value is -2.84. The molecule has 9 nitrogen and oxygen atoms in total. The van der Waals surface area contributed by atoms with Gasteiger partial charge in [0.2, 0.25) is 17.8 Å². The molecule has 1 aliphatic rings. The number of guanidine groups is 1. The fourth-order valence-corrected chi connectivity index (χ4v) is 1.42. The molecule has 1 fully saturated rings. The molecule has 0 radical (unpaired) electrons. The van der Waals surface area contributed by atoms with E-state index in [1.807, 2.05) is 5.32 Å². The molecule has 0 aromatic rings. The van der Waals surface area contributed by atoms with Crippen LogP contribution in [0.3, 0.4) is 0 Å². The van der Waals surface area contributed by atoms with E-state index in [0.29, 0.717) is 0 Å². The van der Waals surface area contributed by atoms with Gasteiger partial charge in [-0.1, -0.05) is 12.7 Å². The highest BCUT2D eigenvalue weighted by Gasteiger charge is 2.41. The highest BCUT2D eigenvalue weighted by Crippen LogP contribution is 2.16. The molecule has 0 spiro atoms. The molecule has 102 valence electrons. The smallest absolute Gasteiger partial charge is 0.331 e. The lowest BCUT2D eigenvalue weighted by molar-refractivity contribution is -0.140. The number of urea groups is 1. The maximum atomic E-state index is 12.0. The van der Waals surface area contributed by atoms with Crippen LogP contribution in [0.1, 0.15) is 0 Å². The van der Waals surface area contributed by atoms with Gasteiger partial charge < -0.3 is 11.5 Å². The Kier molecular flexibility index (Phi) is 4.24. The Morgan fingerprint density at radius 2 is 2.11 bits per heavy atom. The molecule has 4 amide bonds. The molecule has 0 unspecified atom stereocenters. The van der Waals surface area contributed by atoms with Crippen molar-refractivity contribution in [2.75, 3.05) is 6.54 Å². The quantitative estimate of drug-likeness (QED) is 0.151. The van der Waals surface area contributed by atoms with Crippen LogP contribution in [0.5, 0.6) is 0 Å². The van der Waals surface area contributed by atoms with Gasteiger partial charge in [-0.05, 0) is 0 Å². The SMILES string of the molecule is C=CCN1C(=O)NC(=O)[C@@H](C(=C)NN=C(N)N)C1=O. The summed E-state index contributed by atoms with van der Waals surface area (Å²) in [5.74, 6) is -3.10. The average Bonchev–Trinajstić information content (AvgIpc) is 2.31. The van der Waals surface area contributed by atoms with Crippen LogP contribution in [0, 0.1) is 5.92 Å². The number of carbonyl (C=O) groups excluding carboxylic acids is 3. The maximum Gasteiger partial charge on any atom is 0.331 e. The standard InChI is InChI=1S/C10H14N6O3/c1-3-4-16-8(18)6(7(17)13-10(16)19)5(2)14-15-9(11)12/h3,6,14H,1-2,4H2,(H4,11,12,15)(H,13,17,19)/t6-/m1/s1. The third-order valence-electron chi connectivity index (χ3n) is 2.24. The lowest BCUT2D eigenvalue weighted by Crippen LogP contribution is -2.59. The summed E-state index contributed by atoms with van der Waals surface area (Å²) in [6.07, 6.45) is 1.36. The predicted octanol–water partition coefficient (Wildman–Crippen LogP) is -1.84. The first kappa shape index (κ1) is 14.2. The van der Waals surface area contributed by atoms with Gasteiger partial charge in [0.25, 0.3) is 0 Å². The van der Waals surface area contributed by atoms with Crippen molar-refractivity contribution in [3.05, 3.63) is 24.9 Å². The minimum atomic E-state index is -1.29. The first-order valence-electron chi connectivity index (χ1n) is 5.19. The number of carbonyl (C=O) groups is 3. The van der Waals surface area contributed by atoms with E-state index in [1.165, 1.54) is 6.08 Å². The van der Waals surface area contributed by atoms with E-state index in [0.717, 1.165) is 4.90 Å². The zero-order valence-electron chi connectivity index (χ0n) is 10.0.